The van der Waals surface area contributed by atoms with Gasteiger partial charge < -0.3 is 5.11 Å². The lowest BCUT2D eigenvalue weighted by atomic mass is 9.44. The number of ketones is 2. The Hall–Kier alpha value is -0.960. The van der Waals surface area contributed by atoms with Gasteiger partial charge in [-0.25, -0.2) is 0 Å². The van der Waals surface area contributed by atoms with E-state index >= 15 is 0 Å². The molecule has 3 aliphatic carbocycles. The molecule has 0 amide bonds. The Kier molecular flexibility index (Phi) is 3.68. The summed E-state index contributed by atoms with van der Waals surface area (Å²) in [5, 5.41) is 11.1. The molecule has 3 nitrogen and oxygen atoms in total. The van der Waals surface area contributed by atoms with Gasteiger partial charge in [0.2, 0.25) is 0 Å². The van der Waals surface area contributed by atoms with Gasteiger partial charge in [0.05, 0.1) is 6.10 Å². The fourth-order valence-electron chi connectivity index (χ4n) is 6.15. The number of allylic oxidation sites excluding steroid dienone is 1. The summed E-state index contributed by atoms with van der Waals surface area (Å²) >= 11 is 0. The highest BCUT2D eigenvalue weighted by Gasteiger charge is 2.67. The van der Waals surface area contributed by atoms with E-state index < -0.39 is 16.9 Å². The number of hydrogen-bond acceptors (Lipinski definition) is 3. The number of hydrogen-bond donors (Lipinski definition) is 1. The molecule has 3 aliphatic rings. The van der Waals surface area contributed by atoms with Crippen LogP contribution in [0.3, 0.4) is 0 Å². The SMILES string of the molecule is C=C[C@]1(C)C[C@@H](O)[C@@]2(C)[C@H](C)CC[C@@]3(CCC(=O)[C@@H]32)[C@@H](C)C1=O. The van der Waals surface area contributed by atoms with Crippen molar-refractivity contribution >= 4 is 11.6 Å². The third kappa shape index (κ3) is 1.92. The van der Waals surface area contributed by atoms with Crippen molar-refractivity contribution in [1.29, 1.82) is 0 Å². The standard InChI is InChI=1S/C20H30O3/c1-6-18(4)11-15(22)19(5)12(2)7-9-20(13(3)17(18)23)10-8-14(21)16(19)20/h6,12-13,15-16,22H,1,7-11H2,2-5H3/t12-,13+,15-,16-,18-,19-,20-/m1/s1. The van der Waals surface area contributed by atoms with Crippen molar-refractivity contribution in [3.8, 4) is 0 Å². The molecule has 3 rings (SSSR count). The fraction of sp³-hybridized carbons (Fsp3) is 0.800. The van der Waals surface area contributed by atoms with Crippen LogP contribution in [0.2, 0.25) is 0 Å². The smallest absolute Gasteiger partial charge is 0.145 e. The normalized spacial score (nSPS) is 53.4. The Bertz CT molecular complexity index is 567. The van der Waals surface area contributed by atoms with Crippen LogP contribution < -0.4 is 0 Å². The summed E-state index contributed by atoms with van der Waals surface area (Å²) in [5.41, 5.74) is -1.41. The molecule has 0 aromatic heterocycles. The zero-order valence-corrected chi connectivity index (χ0v) is 14.9. The maximum atomic E-state index is 13.2. The Balaban J connectivity index is 2.23. The number of carbonyl (C=O) groups excluding carboxylic acids is 2. The molecule has 0 aliphatic heterocycles. The van der Waals surface area contributed by atoms with Crippen LogP contribution in [-0.4, -0.2) is 22.8 Å². The third-order valence-corrected chi connectivity index (χ3v) is 8.06. The van der Waals surface area contributed by atoms with E-state index in [0.29, 0.717) is 12.8 Å². The molecule has 2 bridgehead atoms. The molecule has 0 aromatic rings. The zero-order valence-electron chi connectivity index (χ0n) is 14.9. The fourth-order valence-corrected chi connectivity index (χ4v) is 6.15. The highest BCUT2D eigenvalue weighted by molar-refractivity contribution is 5.92. The Labute approximate surface area is 139 Å². The zero-order chi connectivity index (χ0) is 17.2. The first-order chi connectivity index (χ1) is 10.6. The van der Waals surface area contributed by atoms with Gasteiger partial charge in [0.1, 0.15) is 11.6 Å². The number of aliphatic hydroxyl groups excluding tert-OH is 1. The first-order valence-electron chi connectivity index (χ1n) is 9.02. The summed E-state index contributed by atoms with van der Waals surface area (Å²) < 4.78 is 0. The lowest BCUT2D eigenvalue weighted by Crippen LogP contribution is -2.61. The summed E-state index contributed by atoms with van der Waals surface area (Å²) in [6, 6.07) is 0. The molecule has 0 aromatic carbocycles. The Morgan fingerprint density at radius 1 is 1.22 bits per heavy atom. The van der Waals surface area contributed by atoms with Crippen LogP contribution in [0, 0.1) is 34.0 Å². The van der Waals surface area contributed by atoms with Crippen LogP contribution in [0.25, 0.3) is 0 Å². The number of rotatable bonds is 1. The lowest BCUT2D eigenvalue weighted by molar-refractivity contribution is -0.175. The molecular formula is C20H30O3. The van der Waals surface area contributed by atoms with E-state index in [1.165, 1.54) is 0 Å². The van der Waals surface area contributed by atoms with Crippen molar-refractivity contribution in [2.24, 2.45) is 34.0 Å². The second-order valence-electron chi connectivity index (χ2n) is 8.87. The van der Waals surface area contributed by atoms with Crippen molar-refractivity contribution in [2.75, 3.05) is 0 Å². The van der Waals surface area contributed by atoms with Crippen molar-refractivity contribution < 1.29 is 14.7 Å². The van der Waals surface area contributed by atoms with Crippen molar-refractivity contribution in [3.63, 3.8) is 0 Å². The van der Waals surface area contributed by atoms with Crippen LogP contribution in [0.1, 0.15) is 59.8 Å². The van der Waals surface area contributed by atoms with Crippen LogP contribution in [0.15, 0.2) is 12.7 Å². The first kappa shape index (κ1) is 16.9. The van der Waals surface area contributed by atoms with Gasteiger partial charge in [-0.3, -0.25) is 9.59 Å². The van der Waals surface area contributed by atoms with E-state index in [1.807, 2.05) is 13.8 Å². The van der Waals surface area contributed by atoms with Crippen LogP contribution in [0.5, 0.6) is 0 Å². The molecule has 128 valence electrons. The van der Waals surface area contributed by atoms with Gasteiger partial charge in [-0.2, -0.15) is 0 Å². The molecule has 1 N–H and O–H groups in total. The molecule has 0 radical (unpaired) electrons. The van der Waals surface area contributed by atoms with Crippen molar-refractivity contribution in [1.82, 2.24) is 0 Å². The topological polar surface area (TPSA) is 54.4 Å². The summed E-state index contributed by atoms with van der Waals surface area (Å²) in [4.78, 5) is 26.1. The maximum absolute atomic E-state index is 13.2. The Morgan fingerprint density at radius 3 is 2.48 bits per heavy atom. The van der Waals surface area contributed by atoms with E-state index in [9.17, 15) is 14.7 Å². The second-order valence-corrected chi connectivity index (χ2v) is 8.87. The number of Topliss-reactive ketones (excluding diaryl/α,β-unsaturated/α-hetero) is 2. The van der Waals surface area contributed by atoms with Gasteiger partial charge in [0, 0.05) is 29.1 Å². The van der Waals surface area contributed by atoms with E-state index in [4.69, 9.17) is 0 Å². The summed E-state index contributed by atoms with van der Waals surface area (Å²) in [7, 11) is 0. The van der Waals surface area contributed by atoms with E-state index in [2.05, 4.69) is 20.4 Å². The number of carbonyl (C=O) groups is 2. The monoisotopic (exact) mass is 318 g/mol. The Morgan fingerprint density at radius 2 is 1.87 bits per heavy atom. The van der Waals surface area contributed by atoms with Crippen molar-refractivity contribution in [3.05, 3.63) is 12.7 Å². The van der Waals surface area contributed by atoms with E-state index in [-0.39, 0.29) is 34.7 Å². The van der Waals surface area contributed by atoms with Crippen LogP contribution >= 0.6 is 0 Å². The summed E-state index contributed by atoms with van der Waals surface area (Å²) in [5.74, 6) is 0.373. The van der Waals surface area contributed by atoms with E-state index in [0.717, 1.165) is 19.3 Å². The molecule has 23 heavy (non-hydrogen) atoms. The lowest BCUT2D eigenvalue weighted by Gasteiger charge is -2.59. The van der Waals surface area contributed by atoms with Gasteiger partial charge in [-0.1, -0.05) is 26.8 Å². The predicted octanol–water partition coefficient (Wildman–Crippen LogP) is 3.55. The van der Waals surface area contributed by atoms with Crippen LogP contribution in [0.4, 0.5) is 0 Å². The van der Waals surface area contributed by atoms with Gasteiger partial charge in [0.15, 0.2) is 0 Å². The molecule has 3 fully saturated rings. The molecule has 0 saturated heterocycles. The average molecular weight is 318 g/mol. The maximum Gasteiger partial charge on any atom is 0.145 e. The van der Waals surface area contributed by atoms with E-state index in [1.54, 1.807) is 6.08 Å². The molecule has 0 spiro atoms. The minimum atomic E-state index is -0.708. The number of aliphatic hydroxyl groups is 1. The largest absolute Gasteiger partial charge is 0.392 e. The van der Waals surface area contributed by atoms with Crippen molar-refractivity contribution in [2.45, 2.75) is 65.9 Å². The predicted molar refractivity (Wildman–Crippen MR) is 89.8 cm³/mol. The molecule has 3 saturated carbocycles. The highest BCUT2D eigenvalue weighted by Crippen LogP contribution is 2.66. The molecule has 0 heterocycles. The minimum absolute atomic E-state index is 0.152. The molecule has 3 heteroatoms. The molecule has 7 atom stereocenters. The van der Waals surface area contributed by atoms with Gasteiger partial charge in [-0.15, -0.1) is 6.58 Å². The average Bonchev–Trinajstić information content (AvgIpc) is 2.87. The molecule has 0 unspecified atom stereocenters. The van der Waals surface area contributed by atoms with Gasteiger partial charge in [0.25, 0.3) is 0 Å². The van der Waals surface area contributed by atoms with Crippen LogP contribution in [-0.2, 0) is 9.59 Å². The first-order valence-corrected chi connectivity index (χ1v) is 9.02. The van der Waals surface area contributed by atoms with Gasteiger partial charge in [-0.05, 0) is 43.9 Å². The summed E-state index contributed by atoms with van der Waals surface area (Å²) in [6.45, 7) is 12.1. The summed E-state index contributed by atoms with van der Waals surface area (Å²) in [6.07, 6.45) is 4.71. The minimum Gasteiger partial charge on any atom is -0.392 e. The van der Waals surface area contributed by atoms with Gasteiger partial charge >= 0.3 is 0 Å². The second kappa shape index (κ2) is 5.02. The molecular weight excluding hydrogens is 288 g/mol. The quantitative estimate of drug-likeness (QED) is 0.752. The highest BCUT2D eigenvalue weighted by atomic mass is 16.3. The third-order valence-electron chi connectivity index (χ3n) is 8.06.